The highest BCUT2D eigenvalue weighted by Crippen LogP contribution is 2.38. The second-order valence-electron chi connectivity index (χ2n) is 7.34. The van der Waals surface area contributed by atoms with E-state index in [1.165, 1.54) is 0 Å². The maximum atomic E-state index is 10.1. The van der Waals surface area contributed by atoms with Crippen molar-refractivity contribution >= 4 is 22.9 Å². The number of benzene rings is 1. The zero-order valence-corrected chi connectivity index (χ0v) is 17.3. The highest BCUT2D eigenvalue weighted by Gasteiger charge is 2.28. The van der Waals surface area contributed by atoms with E-state index in [2.05, 4.69) is 51.0 Å². The van der Waals surface area contributed by atoms with E-state index in [1.807, 2.05) is 31.3 Å². The lowest BCUT2D eigenvalue weighted by Gasteiger charge is -2.34. The molecule has 2 aromatic rings. The SMILES string of the molecule is CCN1CCN(c2ncc(C)c(/C(C#N)=C3\Nc4ccccc4N3CC)n2)CC1. The molecule has 0 amide bonds. The number of likely N-dealkylation sites (N-methyl/N-ethyl adjacent to an activating group) is 1. The number of nitrogens with zero attached hydrogens (tertiary/aromatic N) is 6. The number of para-hydroxylation sites is 2. The van der Waals surface area contributed by atoms with E-state index >= 15 is 0 Å². The molecule has 2 aliphatic rings. The number of aryl methyl sites for hydroxylation is 1. The number of hydrogen-bond donors (Lipinski definition) is 1. The fourth-order valence-electron chi connectivity index (χ4n) is 3.98. The van der Waals surface area contributed by atoms with Crippen molar-refractivity contribution in [3.8, 4) is 6.07 Å². The summed E-state index contributed by atoms with van der Waals surface area (Å²) in [5.41, 5.74) is 4.25. The molecule has 0 spiro atoms. The molecule has 0 radical (unpaired) electrons. The smallest absolute Gasteiger partial charge is 0.225 e. The first-order valence-electron chi connectivity index (χ1n) is 10.3. The molecule has 29 heavy (non-hydrogen) atoms. The molecule has 0 aliphatic carbocycles. The van der Waals surface area contributed by atoms with Crippen LogP contribution in [0.1, 0.15) is 25.1 Å². The Morgan fingerprint density at radius 3 is 2.59 bits per heavy atom. The lowest BCUT2D eigenvalue weighted by Crippen LogP contribution is -2.46. The number of anilines is 3. The zero-order chi connectivity index (χ0) is 20.4. The van der Waals surface area contributed by atoms with E-state index in [1.54, 1.807) is 0 Å². The average molecular weight is 390 g/mol. The predicted octanol–water partition coefficient (Wildman–Crippen LogP) is 3.07. The van der Waals surface area contributed by atoms with Gasteiger partial charge in [-0.3, -0.25) is 0 Å². The van der Waals surface area contributed by atoms with E-state index in [0.29, 0.717) is 17.2 Å². The van der Waals surface area contributed by atoms with Crippen LogP contribution in [0.2, 0.25) is 0 Å². The molecule has 1 fully saturated rings. The highest BCUT2D eigenvalue weighted by atomic mass is 15.3. The van der Waals surface area contributed by atoms with Gasteiger partial charge in [0.25, 0.3) is 0 Å². The van der Waals surface area contributed by atoms with Crippen molar-refractivity contribution in [3.63, 3.8) is 0 Å². The number of nitriles is 1. The Kier molecular flexibility index (Phi) is 5.36. The number of nitrogens with one attached hydrogen (secondary N) is 1. The second-order valence-corrected chi connectivity index (χ2v) is 7.34. The van der Waals surface area contributed by atoms with Crippen molar-refractivity contribution in [1.82, 2.24) is 14.9 Å². The van der Waals surface area contributed by atoms with Gasteiger partial charge in [-0.05, 0) is 38.1 Å². The Labute approximate surface area is 172 Å². The molecule has 0 unspecified atom stereocenters. The molecule has 4 rings (SSSR count). The Morgan fingerprint density at radius 1 is 1.14 bits per heavy atom. The van der Waals surface area contributed by atoms with Crippen LogP contribution in [0.25, 0.3) is 5.57 Å². The number of fused-ring (bicyclic) bond motifs is 1. The monoisotopic (exact) mass is 389 g/mol. The quantitative estimate of drug-likeness (QED) is 0.806. The molecule has 0 atom stereocenters. The van der Waals surface area contributed by atoms with Gasteiger partial charge in [0.2, 0.25) is 5.95 Å². The maximum absolute atomic E-state index is 10.1. The third kappa shape index (κ3) is 3.52. The van der Waals surface area contributed by atoms with Gasteiger partial charge in [-0.25, -0.2) is 9.97 Å². The van der Waals surface area contributed by atoms with Crippen LogP contribution in [0.15, 0.2) is 36.3 Å². The van der Waals surface area contributed by atoms with E-state index in [4.69, 9.17) is 4.98 Å². The molecular weight excluding hydrogens is 362 g/mol. The Hall–Kier alpha value is -3.11. The molecule has 0 saturated carbocycles. The van der Waals surface area contributed by atoms with E-state index in [9.17, 15) is 5.26 Å². The maximum Gasteiger partial charge on any atom is 0.225 e. The summed E-state index contributed by atoms with van der Waals surface area (Å²) in [6.07, 6.45) is 1.83. The summed E-state index contributed by atoms with van der Waals surface area (Å²) in [7, 11) is 0. The van der Waals surface area contributed by atoms with Gasteiger partial charge in [-0.2, -0.15) is 5.26 Å². The van der Waals surface area contributed by atoms with Crippen molar-refractivity contribution in [3.05, 3.63) is 47.5 Å². The van der Waals surface area contributed by atoms with Gasteiger partial charge in [0, 0.05) is 38.9 Å². The van der Waals surface area contributed by atoms with Crippen LogP contribution >= 0.6 is 0 Å². The fraction of sp³-hybridized carbons (Fsp3) is 0.409. The van der Waals surface area contributed by atoms with E-state index in [-0.39, 0.29) is 0 Å². The van der Waals surface area contributed by atoms with Crippen LogP contribution in [0.4, 0.5) is 17.3 Å². The van der Waals surface area contributed by atoms with Gasteiger partial charge in [-0.1, -0.05) is 19.1 Å². The Balaban J connectivity index is 1.72. The van der Waals surface area contributed by atoms with Crippen LogP contribution in [0, 0.1) is 18.3 Å². The van der Waals surface area contributed by atoms with Crippen molar-refractivity contribution in [1.29, 1.82) is 5.26 Å². The van der Waals surface area contributed by atoms with Crippen LogP contribution in [-0.2, 0) is 0 Å². The zero-order valence-electron chi connectivity index (χ0n) is 17.3. The fourth-order valence-corrected chi connectivity index (χ4v) is 3.98. The van der Waals surface area contributed by atoms with Crippen molar-refractivity contribution < 1.29 is 0 Å². The van der Waals surface area contributed by atoms with Gasteiger partial charge < -0.3 is 20.0 Å². The summed E-state index contributed by atoms with van der Waals surface area (Å²) in [5.74, 6) is 1.49. The third-order valence-electron chi connectivity index (χ3n) is 5.68. The summed E-state index contributed by atoms with van der Waals surface area (Å²) in [6.45, 7) is 11.9. The van der Waals surface area contributed by atoms with Crippen LogP contribution < -0.4 is 15.1 Å². The van der Waals surface area contributed by atoms with Crippen LogP contribution in [-0.4, -0.2) is 54.1 Å². The molecular formula is C22H27N7. The molecule has 7 nitrogen and oxygen atoms in total. The number of aromatic nitrogens is 2. The van der Waals surface area contributed by atoms with E-state index < -0.39 is 0 Å². The first-order valence-corrected chi connectivity index (χ1v) is 10.3. The minimum atomic E-state index is 0.552. The molecule has 1 aromatic carbocycles. The summed E-state index contributed by atoms with van der Waals surface area (Å²) in [6, 6.07) is 10.5. The molecule has 1 N–H and O–H groups in total. The topological polar surface area (TPSA) is 71.3 Å². The molecule has 0 bridgehead atoms. The average Bonchev–Trinajstić information content (AvgIpc) is 3.14. The summed E-state index contributed by atoms with van der Waals surface area (Å²) < 4.78 is 0. The second kappa shape index (κ2) is 8.10. The minimum Gasteiger partial charge on any atom is -0.339 e. The summed E-state index contributed by atoms with van der Waals surface area (Å²) in [5, 5.41) is 13.5. The van der Waals surface area contributed by atoms with Crippen molar-refractivity contribution in [2.75, 3.05) is 54.4 Å². The van der Waals surface area contributed by atoms with Gasteiger partial charge in [0.05, 0.1) is 17.1 Å². The van der Waals surface area contributed by atoms with Gasteiger partial charge in [-0.15, -0.1) is 0 Å². The van der Waals surface area contributed by atoms with Crippen molar-refractivity contribution in [2.24, 2.45) is 0 Å². The Bertz CT molecular complexity index is 967. The number of rotatable bonds is 4. The molecule has 3 heterocycles. The predicted molar refractivity (Wildman–Crippen MR) is 117 cm³/mol. The number of allylic oxidation sites excluding steroid dienone is 1. The van der Waals surface area contributed by atoms with Crippen LogP contribution in [0.3, 0.4) is 0 Å². The molecule has 1 saturated heterocycles. The standard InChI is InChI=1S/C22H27N7/c1-4-27-10-12-28(13-11-27)22-24-15-16(3)20(26-22)17(14-23)21-25-18-8-6-7-9-19(18)29(21)5-2/h6-9,15,25H,4-5,10-13H2,1-3H3/b21-17+. The lowest BCUT2D eigenvalue weighted by atomic mass is 10.1. The number of hydrogen-bond acceptors (Lipinski definition) is 7. The summed E-state index contributed by atoms with van der Waals surface area (Å²) >= 11 is 0. The van der Waals surface area contributed by atoms with Gasteiger partial charge >= 0.3 is 0 Å². The van der Waals surface area contributed by atoms with Gasteiger partial charge in [0.15, 0.2) is 0 Å². The molecule has 7 heteroatoms. The normalized spacial score (nSPS) is 18.3. The van der Waals surface area contributed by atoms with Gasteiger partial charge in [0.1, 0.15) is 17.5 Å². The lowest BCUT2D eigenvalue weighted by molar-refractivity contribution is 0.270. The van der Waals surface area contributed by atoms with Crippen molar-refractivity contribution in [2.45, 2.75) is 20.8 Å². The summed E-state index contributed by atoms with van der Waals surface area (Å²) in [4.78, 5) is 16.2. The Morgan fingerprint density at radius 2 is 1.90 bits per heavy atom. The highest BCUT2D eigenvalue weighted by molar-refractivity contribution is 5.91. The first kappa shape index (κ1) is 19.2. The molecule has 150 valence electrons. The molecule has 1 aromatic heterocycles. The number of piperazine rings is 1. The van der Waals surface area contributed by atoms with Crippen LogP contribution in [0.5, 0.6) is 0 Å². The third-order valence-corrected chi connectivity index (χ3v) is 5.68. The first-order chi connectivity index (χ1) is 14.2. The minimum absolute atomic E-state index is 0.552. The van der Waals surface area contributed by atoms with E-state index in [0.717, 1.165) is 62.0 Å². The largest absolute Gasteiger partial charge is 0.339 e. The molecule has 2 aliphatic heterocycles.